The highest BCUT2D eigenvalue weighted by molar-refractivity contribution is 5.83. The number of benzene rings is 1. The molecule has 26 heavy (non-hydrogen) atoms. The van der Waals surface area contributed by atoms with Crippen LogP contribution in [0.2, 0.25) is 0 Å². The number of ether oxygens (including phenoxy) is 2. The summed E-state index contributed by atoms with van der Waals surface area (Å²) in [6, 6.07) is 7.95. The zero-order valence-electron chi connectivity index (χ0n) is 15.8. The van der Waals surface area contributed by atoms with Crippen molar-refractivity contribution in [2.45, 2.75) is 38.0 Å². The zero-order chi connectivity index (χ0) is 18.3. The van der Waals surface area contributed by atoms with E-state index in [1.807, 2.05) is 24.3 Å². The van der Waals surface area contributed by atoms with Crippen LogP contribution < -0.4 is 4.74 Å². The number of aliphatic hydroxyl groups is 1. The van der Waals surface area contributed by atoms with Crippen molar-refractivity contribution in [1.82, 2.24) is 9.88 Å². The topological polar surface area (TPSA) is 54.8 Å². The molecule has 2 unspecified atom stereocenters. The summed E-state index contributed by atoms with van der Waals surface area (Å²) < 4.78 is 11.0. The standard InChI is InChI=1S/C21H28N2O3/c1-13(25-2)18-12-23-9-7-14(18)10-20(23)21(24)16-6-8-22-19-5-4-15(26-3)11-17(16)19/h4-6,8,11,13-14,18,20-21,24H,7,9-10,12H2,1-3H3/t13?,14-,18+,20-,21-/m0/s1. The summed E-state index contributed by atoms with van der Waals surface area (Å²) in [5, 5.41) is 12.2. The Bertz CT molecular complexity index is 781. The van der Waals surface area contributed by atoms with Gasteiger partial charge in [0.25, 0.3) is 0 Å². The molecule has 5 rings (SSSR count). The number of aromatic nitrogens is 1. The highest BCUT2D eigenvalue weighted by Crippen LogP contribution is 2.43. The van der Waals surface area contributed by atoms with Crippen LogP contribution in [0.25, 0.3) is 10.9 Å². The molecule has 3 fully saturated rings. The number of piperidine rings is 3. The van der Waals surface area contributed by atoms with Gasteiger partial charge in [0.05, 0.1) is 24.8 Å². The second-order valence-corrected chi connectivity index (χ2v) is 7.68. The number of rotatable bonds is 5. The molecule has 3 aliphatic rings. The average Bonchev–Trinajstić information content (AvgIpc) is 2.71. The summed E-state index contributed by atoms with van der Waals surface area (Å²) in [5.41, 5.74) is 1.84. The van der Waals surface area contributed by atoms with E-state index in [0.29, 0.717) is 11.8 Å². The molecule has 0 amide bonds. The first kappa shape index (κ1) is 17.7. The first-order valence-electron chi connectivity index (χ1n) is 9.50. The number of fused-ring (bicyclic) bond motifs is 4. The third kappa shape index (κ3) is 2.98. The number of hydrogen-bond acceptors (Lipinski definition) is 5. The maximum absolute atomic E-state index is 11.3. The lowest BCUT2D eigenvalue weighted by Crippen LogP contribution is -2.57. The molecule has 0 radical (unpaired) electrons. The van der Waals surface area contributed by atoms with E-state index in [0.717, 1.165) is 41.7 Å². The number of pyridine rings is 1. The highest BCUT2D eigenvalue weighted by atomic mass is 16.5. The monoisotopic (exact) mass is 356 g/mol. The molecule has 1 N–H and O–H groups in total. The minimum atomic E-state index is -0.519. The summed E-state index contributed by atoms with van der Waals surface area (Å²) >= 11 is 0. The van der Waals surface area contributed by atoms with Crippen LogP contribution in [-0.2, 0) is 4.74 Å². The first-order valence-corrected chi connectivity index (χ1v) is 9.50. The summed E-state index contributed by atoms with van der Waals surface area (Å²) in [6.07, 6.45) is 3.76. The number of nitrogens with zero attached hydrogens (tertiary/aromatic N) is 2. The van der Waals surface area contributed by atoms with Gasteiger partial charge in [-0.25, -0.2) is 0 Å². The van der Waals surface area contributed by atoms with Crippen molar-refractivity contribution in [2.24, 2.45) is 11.8 Å². The van der Waals surface area contributed by atoms with Gasteiger partial charge in [-0.05, 0) is 62.1 Å². The van der Waals surface area contributed by atoms with Crippen LogP contribution in [0.4, 0.5) is 0 Å². The number of hydrogen-bond donors (Lipinski definition) is 1. The molecule has 0 aliphatic carbocycles. The maximum atomic E-state index is 11.3. The van der Waals surface area contributed by atoms with Crippen molar-refractivity contribution in [2.75, 3.05) is 27.3 Å². The minimum Gasteiger partial charge on any atom is -0.497 e. The van der Waals surface area contributed by atoms with Gasteiger partial charge in [-0.15, -0.1) is 0 Å². The van der Waals surface area contributed by atoms with Crippen LogP contribution in [0.5, 0.6) is 5.75 Å². The largest absolute Gasteiger partial charge is 0.497 e. The molecule has 1 aromatic carbocycles. The molecular weight excluding hydrogens is 328 g/mol. The molecule has 2 bridgehead atoms. The Morgan fingerprint density at radius 1 is 1.27 bits per heavy atom. The molecule has 2 aromatic rings. The molecule has 4 heterocycles. The molecule has 3 aliphatic heterocycles. The molecule has 1 aromatic heterocycles. The fourth-order valence-electron chi connectivity index (χ4n) is 4.88. The van der Waals surface area contributed by atoms with Crippen molar-refractivity contribution in [3.8, 4) is 5.75 Å². The lowest BCUT2D eigenvalue weighted by molar-refractivity contribution is -0.0921. The Kier molecular flexibility index (Phi) is 4.86. The second-order valence-electron chi connectivity index (χ2n) is 7.68. The summed E-state index contributed by atoms with van der Waals surface area (Å²) in [5.74, 6) is 1.97. The molecule has 5 heteroatoms. The lowest BCUT2D eigenvalue weighted by atomic mass is 9.71. The molecular formula is C21H28N2O3. The fourth-order valence-corrected chi connectivity index (χ4v) is 4.88. The van der Waals surface area contributed by atoms with Crippen molar-refractivity contribution in [3.63, 3.8) is 0 Å². The van der Waals surface area contributed by atoms with E-state index >= 15 is 0 Å². The molecule has 140 valence electrons. The van der Waals surface area contributed by atoms with Crippen molar-refractivity contribution in [3.05, 3.63) is 36.0 Å². The summed E-state index contributed by atoms with van der Waals surface area (Å²) in [6.45, 7) is 4.24. The van der Waals surface area contributed by atoms with Crippen molar-refractivity contribution < 1.29 is 14.6 Å². The molecule has 0 spiro atoms. The predicted molar refractivity (Wildman–Crippen MR) is 101 cm³/mol. The van der Waals surface area contributed by atoms with Gasteiger partial charge in [-0.3, -0.25) is 9.88 Å². The van der Waals surface area contributed by atoms with Crippen LogP contribution in [0.3, 0.4) is 0 Å². The van der Waals surface area contributed by atoms with E-state index in [1.165, 1.54) is 6.42 Å². The number of methoxy groups -OCH3 is 2. The van der Waals surface area contributed by atoms with Gasteiger partial charge in [-0.2, -0.15) is 0 Å². The second kappa shape index (κ2) is 7.14. The van der Waals surface area contributed by atoms with Gasteiger partial charge in [0.1, 0.15) is 5.75 Å². The predicted octanol–water partition coefficient (Wildman–Crippen LogP) is 3.02. The van der Waals surface area contributed by atoms with E-state index in [9.17, 15) is 5.11 Å². The Labute approximate surface area is 154 Å². The van der Waals surface area contributed by atoms with E-state index in [-0.39, 0.29) is 12.1 Å². The Morgan fingerprint density at radius 2 is 2.12 bits per heavy atom. The van der Waals surface area contributed by atoms with Gasteiger partial charge in [-0.1, -0.05) is 0 Å². The molecule has 0 saturated carbocycles. The molecule has 5 nitrogen and oxygen atoms in total. The van der Waals surface area contributed by atoms with Crippen LogP contribution in [0, 0.1) is 11.8 Å². The Hall–Kier alpha value is -1.69. The minimum absolute atomic E-state index is 0.158. The normalized spacial score (nSPS) is 30.3. The van der Waals surface area contributed by atoms with Gasteiger partial charge < -0.3 is 14.6 Å². The Balaban J connectivity index is 1.63. The number of aliphatic hydroxyl groups excluding tert-OH is 1. The molecule has 6 atom stereocenters. The lowest BCUT2D eigenvalue weighted by Gasteiger charge is -2.52. The van der Waals surface area contributed by atoms with E-state index in [1.54, 1.807) is 20.4 Å². The third-order valence-corrected chi connectivity index (χ3v) is 6.49. The van der Waals surface area contributed by atoms with E-state index in [4.69, 9.17) is 9.47 Å². The first-order chi connectivity index (χ1) is 12.6. The summed E-state index contributed by atoms with van der Waals surface area (Å²) in [7, 11) is 3.46. The van der Waals surface area contributed by atoms with Crippen LogP contribution >= 0.6 is 0 Å². The van der Waals surface area contributed by atoms with Gasteiger partial charge >= 0.3 is 0 Å². The van der Waals surface area contributed by atoms with Crippen LogP contribution in [0.15, 0.2) is 30.5 Å². The van der Waals surface area contributed by atoms with Crippen LogP contribution in [0.1, 0.15) is 31.4 Å². The fraction of sp³-hybridized carbons (Fsp3) is 0.571. The quantitative estimate of drug-likeness (QED) is 0.892. The smallest absolute Gasteiger partial charge is 0.119 e. The van der Waals surface area contributed by atoms with Gasteiger partial charge in [0.15, 0.2) is 0 Å². The van der Waals surface area contributed by atoms with Crippen molar-refractivity contribution >= 4 is 10.9 Å². The van der Waals surface area contributed by atoms with Gasteiger partial charge in [0.2, 0.25) is 0 Å². The average molecular weight is 356 g/mol. The SMILES string of the molecule is COc1ccc2nccc([C@H](O)[C@@H]3C[C@@H]4CCN3C[C@@H]4C(C)OC)c2c1. The maximum Gasteiger partial charge on any atom is 0.119 e. The third-order valence-electron chi connectivity index (χ3n) is 6.49. The van der Waals surface area contributed by atoms with Gasteiger partial charge in [0, 0.05) is 37.2 Å². The van der Waals surface area contributed by atoms with E-state index < -0.39 is 6.10 Å². The zero-order valence-corrected chi connectivity index (χ0v) is 15.8. The van der Waals surface area contributed by atoms with Crippen LogP contribution in [-0.4, -0.2) is 54.4 Å². The van der Waals surface area contributed by atoms with E-state index in [2.05, 4.69) is 16.8 Å². The molecule has 3 saturated heterocycles. The summed E-state index contributed by atoms with van der Waals surface area (Å²) in [4.78, 5) is 6.90. The van der Waals surface area contributed by atoms with Crippen molar-refractivity contribution in [1.29, 1.82) is 0 Å². The Morgan fingerprint density at radius 3 is 2.81 bits per heavy atom. The highest BCUT2D eigenvalue weighted by Gasteiger charge is 2.45.